The van der Waals surface area contributed by atoms with Gasteiger partial charge in [0.2, 0.25) is 0 Å². The van der Waals surface area contributed by atoms with Crippen LogP contribution in [0.1, 0.15) is 27.2 Å². The maximum Gasteiger partial charge on any atom is 0.307 e. The van der Waals surface area contributed by atoms with Gasteiger partial charge in [0.1, 0.15) is 0 Å². The molecule has 0 unspecified atom stereocenters. The minimum absolute atomic E-state index is 0.0972. The highest BCUT2D eigenvalue weighted by atomic mass is 16.4. The molecule has 0 aromatic heterocycles. The van der Waals surface area contributed by atoms with Crippen molar-refractivity contribution < 1.29 is 9.90 Å². The lowest BCUT2D eigenvalue weighted by molar-refractivity contribution is -0.147. The van der Waals surface area contributed by atoms with Crippen molar-refractivity contribution in [1.29, 1.82) is 0 Å². The lowest BCUT2D eigenvalue weighted by atomic mass is 9.67. The highest BCUT2D eigenvalue weighted by molar-refractivity contribution is 5.72. The van der Waals surface area contributed by atoms with E-state index in [0.717, 1.165) is 6.42 Å². The molecule has 0 spiro atoms. The summed E-state index contributed by atoms with van der Waals surface area (Å²) in [4.78, 5) is 10.9. The molecule has 2 atom stereocenters. The maximum atomic E-state index is 10.9. The number of carboxylic acid groups (broad SMARTS) is 1. The van der Waals surface area contributed by atoms with Gasteiger partial charge in [0.15, 0.2) is 0 Å². The van der Waals surface area contributed by atoms with E-state index in [4.69, 9.17) is 5.11 Å². The lowest BCUT2D eigenvalue weighted by Crippen LogP contribution is -2.37. The Bertz CT molecular complexity index is 216. The van der Waals surface area contributed by atoms with Crippen LogP contribution in [-0.2, 0) is 4.79 Å². The summed E-state index contributed by atoms with van der Waals surface area (Å²) in [5, 5.41) is 9.01. The predicted molar refractivity (Wildman–Crippen MR) is 47.8 cm³/mol. The van der Waals surface area contributed by atoms with Gasteiger partial charge >= 0.3 is 5.97 Å². The van der Waals surface area contributed by atoms with E-state index in [2.05, 4.69) is 6.08 Å². The van der Waals surface area contributed by atoms with E-state index in [0.29, 0.717) is 0 Å². The SMILES string of the molecule is C[C@H]1C=CCC(C)(C)[C@@H]1C(=O)O. The molecule has 0 amide bonds. The van der Waals surface area contributed by atoms with E-state index in [1.54, 1.807) is 0 Å². The lowest BCUT2D eigenvalue weighted by Gasteiger charge is -2.36. The fourth-order valence-corrected chi connectivity index (χ4v) is 2.10. The molecule has 0 saturated heterocycles. The van der Waals surface area contributed by atoms with Gasteiger partial charge < -0.3 is 5.11 Å². The Morgan fingerprint density at radius 1 is 1.58 bits per heavy atom. The molecule has 2 nitrogen and oxygen atoms in total. The number of rotatable bonds is 1. The van der Waals surface area contributed by atoms with Gasteiger partial charge in [-0.05, 0) is 17.8 Å². The highest BCUT2D eigenvalue weighted by Gasteiger charge is 2.39. The summed E-state index contributed by atoms with van der Waals surface area (Å²) in [5.41, 5.74) is -0.0972. The number of hydrogen-bond donors (Lipinski definition) is 1. The topological polar surface area (TPSA) is 37.3 Å². The Morgan fingerprint density at radius 2 is 2.17 bits per heavy atom. The third kappa shape index (κ3) is 1.52. The average molecular weight is 168 g/mol. The first-order valence-electron chi connectivity index (χ1n) is 4.34. The summed E-state index contributed by atoms with van der Waals surface area (Å²) in [6.07, 6.45) is 4.96. The van der Waals surface area contributed by atoms with Crippen molar-refractivity contribution in [2.24, 2.45) is 17.3 Å². The first-order chi connectivity index (χ1) is 5.45. The van der Waals surface area contributed by atoms with Crippen molar-refractivity contribution in [3.8, 4) is 0 Å². The summed E-state index contributed by atoms with van der Waals surface area (Å²) in [5.74, 6) is -0.745. The Hall–Kier alpha value is -0.790. The minimum atomic E-state index is -0.670. The first kappa shape index (κ1) is 9.30. The molecule has 68 valence electrons. The van der Waals surface area contributed by atoms with E-state index in [9.17, 15) is 4.79 Å². The smallest absolute Gasteiger partial charge is 0.307 e. The van der Waals surface area contributed by atoms with Crippen molar-refractivity contribution in [3.05, 3.63) is 12.2 Å². The molecule has 0 aliphatic heterocycles. The molecular weight excluding hydrogens is 152 g/mol. The molecule has 1 rings (SSSR count). The normalized spacial score (nSPS) is 33.2. The number of hydrogen-bond acceptors (Lipinski definition) is 1. The van der Waals surface area contributed by atoms with Crippen molar-refractivity contribution in [1.82, 2.24) is 0 Å². The van der Waals surface area contributed by atoms with Crippen LogP contribution in [0.25, 0.3) is 0 Å². The van der Waals surface area contributed by atoms with Gasteiger partial charge in [0, 0.05) is 0 Å². The van der Waals surface area contributed by atoms with Crippen molar-refractivity contribution >= 4 is 5.97 Å². The Labute approximate surface area is 73.3 Å². The molecule has 0 saturated carbocycles. The molecule has 0 heterocycles. The molecular formula is C10H16O2. The molecule has 12 heavy (non-hydrogen) atoms. The van der Waals surface area contributed by atoms with Crippen molar-refractivity contribution in [2.75, 3.05) is 0 Å². The molecule has 0 fully saturated rings. The van der Waals surface area contributed by atoms with E-state index >= 15 is 0 Å². The summed E-state index contributed by atoms with van der Waals surface area (Å²) >= 11 is 0. The standard InChI is InChI=1S/C10H16O2/c1-7-5-4-6-10(2,3)8(7)9(11)12/h4-5,7-8H,6H2,1-3H3,(H,11,12)/t7-,8-/m0/s1. The van der Waals surface area contributed by atoms with Crippen LogP contribution in [0.3, 0.4) is 0 Å². The van der Waals surface area contributed by atoms with E-state index in [1.165, 1.54) is 0 Å². The third-order valence-electron chi connectivity index (χ3n) is 2.72. The third-order valence-corrected chi connectivity index (χ3v) is 2.72. The Kier molecular flexibility index (Phi) is 2.27. The van der Waals surface area contributed by atoms with Crippen LogP contribution in [0.15, 0.2) is 12.2 Å². The van der Waals surface area contributed by atoms with Gasteiger partial charge in [-0.15, -0.1) is 0 Å². The van der Waals surface area contributed by atoms with Crippen molar-refractivity contribution in [3.63, 3.8) is 0 Å². The largest absolute Gasteiger partial charge is 0.481 e. The quantitative estimate of drug-likeness (QED) is 0.610. The van der Waals surface area contributed by atoms with Crippen LogP contribution in [0.2, 0.25) is 0 Å². The molecule has 0 aromatic carbocycles. The molecule has 0 bridgehead atoms. The molecule has 0 radical (unpaired) electrons. The number of aliphatic carboxylic acids is 1. The van der Waals surface area contributed by atoms with E-state index in [-0.39, 0.29) is 17.3 Å². The summed E-state index contributed by atoms with van der Waals surface area (Å²) in [6, 6.07) is 0. The summed E-state index contributed by atoms with van der Waals surface area (Å²) in [7, 11) is 0. The van der Waals surface area contributed by atoms with Gasteiger partial charge in [-0.1, -0.05) is 32.9 Å². The van der Waals surface area contributed by atoms with Crippen LogP contribution in [0, 0.1) is 17.3 Å². The zero-order valence-corrected chi connectivity index (χ0v) is 7.87. The number of carbonyl (C=O) groups is 1. The average Bonchev–Trinajstić information content (AvgIpc) is 1.82. The molecule has 1 aliphatic rings. The Balaban J connectivity index is 2.92. The second kappa shape index (κ2) is 2.92. The zero-order chi connectivity index (χ0) is 9.35. The first-order valence-corrected chi connectivity index (χ1v) is 4.34. The molecule has 2 heteroatoms. The van der Waals surface area contributed by atoms with Gasteiger partial charge in [-0.2, -0.15) is 0 Å². The van der Waals surface area contributed by atoms with Gasteiger partial charge in [0.05, 0.1) is 5.92 Å². The van der Waals surface area contributed by atoms with Crippen molar-refractivity contribution in [2.45, 2.75) is 27.2 Å². The Morgan fingerprint density at radius 3 is 2.50 bits per heavy atom. The second-order valence-corrected chi connectivity index (χ2v) is 4.30. The van der Waals surface area contributed by atoms with Crippen LogP contribution < -0.4 is 0 Å². The van der Waals surface area contributed by atoms with Gasteiger partial charge in [-0.3, -0.25) is 4.79 Å². The zero-order valence-electron chi connectivity index (χ0n) is 7.87. The van der Waals surface area contributed by atoms with Crippen LogP contribution in [-0.4, -0.2) is 11.1 Å². The monoisotopic (exact) mass is 168 g/mol. The highest BCUT2D eigenvalue weighted by Crippen LogP contribution is 2.40. The van der Waals surface area contributed by atoms with E-state index < -0.39 is 5.97 Å². The van der Waals surface area contributed by atoms with Crippen LogP contribution in [0.5, 0.6) is 0 Å². The summed E-state index contributed by atoms with van der Waals surface area (Å²) < 4.78 is 0. The maximum absolute atomic E-state index is 10.9. The fraction of sp³-hybridized carbons (Fsp3) is 0.700. The predicted octanol–water partition coefficient (Wildman–Crippen LogP) is 2.31. The fourth-order valence-electron chi connectivity index (χ4n) is 2.10. The summed E-state index contributed by atoms with van der Waals surface area (Å²) in [6.45, 7) is 6.01. The van der Waals surface area contributed by atoms with Gasteiger partial charge in [0.25, 0.3) is 0 Å². The molecule has 1 aliphatic carbocycles. The van der Waals surface area contributed by atoms with Crippen LogP contribution >= 0.6 is 0 Å². The van der Waals surface area contributed by atoms with Gasteiger partial charge in [-0.25, -0.2) is 0 Å². The van der Waals surface area contributed by atoms with E-state index in [1.807, 2.05) is 26.8 Å². The van der Waals surface area contributed by atoms with Crippen LogP contribution in [0.4, 0.5) is 0 Å². The molecule has 0 aromatic rings. The number of carboxylic acids is 1. The minimum Gasteiger partial charge on any atom is -0.481 e. The number of allylic oxidation sites excluding steroid dienone is 2. The second-order valence-electron chi connectivity index (χ2n) is 4.30. The molecule has 1 N–H and O–H groups in total.